The van der Waals surface area contributed by atoms with Gasteiger partial charge in [0.15, 0.2) is 11.5 Å². The van der Waals surface area contributed by atoms with Gasteiger partial charge in [0.05, 0.1) is 12.2 Å². The fraction of sp³-hybridized carbons (Fsp3) is 0.414. The minimum Gasteiger partial charge on any atom is -0.493 e. The molecule has 0 saturated carbocycles. The maximum atomic E-state index is 13.5. The Balaban J connectivity index is 1.25. The SMILES string of the molecule is CCCc1c(OCCCCN2C(=O)NC(CC)(c3ccc4c(c3)OCO4)C2=O)ccc2c(C(F)(F)F)cc(=O)oc12. The van der Waals surface area contributed by atoms with E-state index in [1.165, 1.54) is 17.0 Å². The molecule has 1 saturated heterocycles. The van der Waals surface area contributed by atoms with E-state index in [2.05, 4.69) is 5.32 Å². The molecule has 1 N–H and O–H groups in total. The van der Waals surface area contributed by atoms with E-state index in [4.69, 9.17) is 18.6 Å². The first-order valence-corrected chi connectivity index (χ1v) is 13.4. The number of aryl methyl sites for hydroxylation is 1. The van der Waals surface area contributed by atoms with Crippen LogP contribution in [0.2, 0.25) is 0 Å². The number of carbonyl (C=O) groups is 2. The molecular formula is C29H29F3N2O7. The Morgan fingerprint density at radius 2 is 1.80 bits per heavy atom. The molecule has 3 aromatic rings. The third-order valence-electron chi connectivity index (χ3n) is 7.38. The average Bonchev–Trinajstić information content (AvgIpc) is 3.50. The van der Waals surface area contributed by atoms with Gasteiger partial charge >= 0.3 is 17.8 Å². The maximum Gasteiger partial charge on any atom is 0.417 e. The van der Waals surface area contributed by atoms with Crippen LogP contribution in [-0.4, -0.2) is 36.8 Å². The molecule has 218 valence electrons. The lowest BCUT2D eigenvalue weighted by molar-refractivity contribution is -0.136. The molecule has 3 heterocycles. The second-order valence-electron chi connectivity index (χ2n) is 9.92. The predicted octanol–water partition coefficient (Wildman–Crippen LogP) is 5.51. The smallest absolute Gasteiger partial charge is 0.417 e. The minimum atomic E-state index is -4.71. The monoisotopic (exact) mass is 574 g/mol. The summed E-state index contributed by atoms with van der Waals surface area (Å²) in [5, 5.41) is 2.64. The Labute approximate surface area is 233 Å². The molecule has 2 aromatic carbocycles. The van der Waals surface area contributed by atoms with Crippen molar-refractivity contribution in [1.82, 2.24) is 10.2 Å². The van der Waals surface area contributed by atoms with Gasteiger partial charge in [-0.2, -0.15) is 13.2 Å². The fourth-order valence-corrected chi connectivity index (χ4v) is 5.31. The number of fused-ring (bicyclic) bond motifs is 2. The number of nitrogens with one attached hydrogen (secondary N) is 1. The summed E-state index contributed by atoms with van der Waals surface area (Å²) in [6.07, 6.45) is -2.55. The number of alkyl halides is 3. The number of halogens is 3. The van der Waals surface area contributed by atoms with E-state index < -0.39 is 28.9 Å². The van der Waals surface area contributed by atoms with Crippen molar-refractivity contribution in [2.45, 2.75) is 57.7 Å². The number of hydrogen-bond acceptors (Lipinski definition) is 7. The summed E-state index contributed by atoms with van der Waals surface area (Å²) in [7, 11) is 0. The van der Waals surface area contributed by atoms with E-state index in [-0.39, 0.29) is 36.8 Å². The van der Waals surface area contributed by atoms with Gasteiger partial charge in [-0.3, -0.25) is 9.69 Å². The number of rotatable bonds is 10. The Bertz CT molecular complexity index is 1550. The van der Waals surface area contributed by atoms with Crippen LogP contribution in [-0.2, 0) is 22.9 Å². The summed E-state index contributed by atoms with van der Waals surface area (Å²) in [5.41, 5.74) is -2.49. The molecule has 0 aliphatic carbocycles. The number of nitrogens with zero attached hydrogens (tertiary/aromatic N) is 1. The molecule has 2 aliphatic rings. The van der Waals surface area contributed by atoms with Gasteiger partial charge in [-0.25, -0.2) is 9.59 Å². The fourth-order valence-electron chi connectivity index (χ4n) is 5.31. The van der Waals surface area contributed by atoms with Crippen LogP contribution in [0.5, 0.6) is 17.2 Å². The van der Waals surface area contributed by atoms with E-state index in [9.17, 15) is 27.6 Å². The molecule has 0 radical (unpaired) electrons. The van der Waals surface area contributed by atoms with Crippen LogP contribution in [0.4, 0.5) is 18.0 Å². The lowest BCUT2D eigenvalue weighted by atomic mass is 9.87. The van der Waals surface area contributed by atoms with Gasteiger partial charge in [0.2, 0.25) is 6.79 Å². The van der Waals surface area contributed by atoms with Crippen molar-refractivity contribution in [1.29, 1.82) is 0 Å². The van der Waals surface area contributed by atoms with Crippen molar-refractivity contribution in [3.05, 3.63) is 63.5 Å². The number of unbranched alkanes of at least 4 members (excludes halogenated alkanes) is 1. The van der Waals surface area contributed by atoms with Crippen molar-refractivity contribution in [2.75, 3.05) is 19.9 Å². The van der Waals surface area contributed by atoms with Crippen LogP contribution in [0.25, 0.3) is 11.0 Å². The van der Waals surface area contributed by atoms with E-state index in [0.29, 0.717) is 66.5 Å². The third kappa shape index (κ3) is 5.18. The number of amides is 3. The van der Waals surface area contributed by atoms with Crippen molar-refractivity contribution >= 4 is 22.9 Å². The van der Waals surface area contributed by atoms with Gasteiger partial charge in [-0.1, -0.05) is 26.3 Å². The molecule has 5 rings (SSSR count). The van der Waals surface area contributed by atoms with Crippen molar-refractivity contribution in [2.24, 2.45) is 0 Å². The summed E-state index contributed by atoms with van der Waals surface area (Å²) in [4.78, 5) is 39.4. The van der Waals surface area contributed by atoms with Gasteiger partial charge in [-0.05, 0) is 55.5 Å². The number of hydrogen-bond donors (Lipinski definition) is 1. The number of benzene rings is 2. The molecule has 1 unspecified atom stereocenters. The molecule has 0 bridgehead atoms. The van der Waals surface area contributed by atoms with Crippen molar-refractivity contribution < 1.29 is 41.4 Å². The Morgan fingerprint density at radius 3 is 2.54 bits per heavy atom. The van der Waals surface area contributed by atoms with Crippen molar-refractivity contribution in [3.8, 4) is 17.2 Å². The molecule has 9 nitrogen and oxygen atoms in total. The number of ether oxygens (including phenoxy) is 3. The normalized spacial score (nSPS) is 18.3. The Morgan fingerprint density at radius 1 is 1.02 bits per heavy atom. The molecule has 12 heteroatoms. The summed E-state index contributed by atoms with van der Waals surface area (Å²) in [6.45, 7) is 4.10. The van der Waals surface area contributed by atoms with Gasteiger partial charge < -0.3 is 23.9 Å². The molecule has 0 spiro atoms. The molecule has 41 heavy (non-hydrogen) atoms. The van der Waals surface area contributed by atoms with Gasteiger partial charge in [-0.15, -0.1) is 0 Å². The van der Waals surface area contributed by atoms with E-state index in [1.54, 1.807) is 18.2 Å². The zero-order valence-corrected chi connectivity index (χ0v) is 22.6. The van der Waals surface area contributed by atoms with Crippen LogP contribution in [0.3, 0.4) is 0 Å². The largest absolute Gasteiger partial charge is 0.493 e. The topological polar surface area (TPSA) is 107 Å². The second-order valence-corrected chi connectivity index (χ2v) is 9.92. The van der Waals surface area contributed by atoms with Gasteiger partial charge in [0, 0.05) is 23.6 Å². The molecule has 1 aromatic heterocycles. The van der Waals surface area contributed by atoms with Gasteiger partial charge in [0.1, 0.15) is 16.9 Å². The minimum absolute atomic E-state index is 0.0919. The summed E-state index contributed by atoms with van der Waals surface area (Å²) in [5.74, 6) is 1.05. The molecule has 1 atom stereocenters. The first kappa shape index (κ1) is 28.3. The number of carbonyl (C=O) groups excluding carboxylic acids is 2. The lowest BCUT2D eigenvalue weighted by Gasteiger charge is -2.26. The molecule has 3 amide bonds. The average molecular weight is 575 g/mol. The highest BCUT2D eigenvalue weighted by molar-refractivity contribution is 6.07. The lowest BCUT2D eigenvalue weighted by Crippen LogP contribution is -2.43. The van der Waals surface area contributed by atoms with Crippen LogP contribution < -0.4 is 25.2 Å². The Kier molecular flexibility index (Phi) is 7.58. The van der Waals surface area contributed by atoms with E-state index >= 15 is 0 Å². The zero-order chi connectivity index (χ0) is 29.4. The quantitative estimate of drug-likeness (QED) is 0.193. The van der Waals surface area contributed by atoms with Crippen LogP contribution in [0, 0.1) is 0 Å². The van der Waals surface area contributed by atoms with Crippen LogP contribution >= 0.6 is 0 Å². The summed E-state index contributed by atoms with van der Waals surface area (Å²) >= 11 is 0. The highest BCUT2D eigenvalue weighted by Crippen LogP contribution is 2.40. The van der Waals surface area contributed by atoms with Crippen molar-refractivity contribution in [3.63, 3.8) is 0 Å². The highest BCUT2D eigenvalue weighted by Gasteiger charge is 2.51. The van der Waals surface area contributed by atoms with Crippen LogP contribution in [0.1, 0.15) is 56.2 Å². The standard InChI is InChI=1S/C29H29F3N2O7/c1-3-7-19-21(11-9-18-20(29(30,31)32)15-24(35)41-25(18)19)38-13-6-5-12-34-26(36)28(4-2,33-27(34)37)17-8-10-22-23(14-17)40-16-39-22/h8-11,14-15H,3-7,12-13,16H2,1-2H3,(H,33,37). The number of urea groups is 1. The Hall–Kier alpha value is -4.22. The summed E-state index contributed by atoms with van der Waals surface area (Å²) in [6, 6.07) is 7.80. The second kappa shape index (κ2) is 11.0. The molecular weight excluding hydrogens is 545 g/mol. The molecule has 1 fully saturated rings. The van der Waals surface area contributed by atoms with E-state index in [1.807, 2.05) is 13.8 Å². The predicted molar refractivity (Wildman–Crippen MR) is 141 cm³/mol. The summed E-state index contributed by atoms with van der Waals surface area (Å²) < 4.78 is 62.4. The van der Waals surface area contributed by atoms with E-state index in [0.717, 1.165) is 0 Å². The highest BCUT2D eigenvalue weighted by atomic mass is 19.4. The first-order chi connectivity index (χ1) is 19.6. The maximum absolute atomic E-state index is 13.5. The third-order valence-corrected chi connectivity index (χ3v) is 7.38. The molecule has 2 aliphatic heterocycles. The van der Waals surface area contributed by atoms with Crippen LogP contribution in [0.15, 0.2) is 45.6 Å². The first-order valence-electron chi connectivity index (χ1n) is 13.4. The zero-order valence-electron chi connectivity index (χ0n) is 22.6. The van der Waals surface area contributed by atoms with Gasteiger partial charge in [0.25, 0.3) is 5.91 Å². The number of imide groups is 1.